The molecule has 0 fully saturated rings. The van der Waals surface area contributed by atoms with Crippen molar-refractivity contribution >= 4 is 44.1 Å². The van der Waals surface area contributed by atoms with Crippen LogP contribution in [0.4, 0.5) is 20.2 Å². The Hall–Kier alpha value is -2.28. The van der Waals surface area contributed by atoms with Gasteiger partial charge in [-0.3, -0.25) is 4.79 Å². The van der Waals surface area contributed by atoms with Crippen LogP contribution in [0.2, 0.25) is 0 Å². The van der Waals surface area contributed by atoms with Crippen LogP contribution in [-0.2, 0) is 0 Å². The summed E-state index contributed by atoms with van der Waals surface area (Å²) in [7, 11) is 0. The van der Waals surface area contributed by atoms with Crippen molar-refractivity contribution in [2.75, 3.05) is 5.32 Å². The zero-order chi connectivity index (χ0) is 18.4. The molecule has 4 nitrogen and oxygen atoms in total. The summed E-state index contributed by atoms with van der Waals surface area (Å²) in [4.78, 5) is 12.5. The Morgan fingerprint density at radius 3 is 2.44 bits per heavy atom. The van der Waals surface area contributed by atoms with Crippen LogP contribution in [0.15, 0.2) is 41.0 Å². The number of hydrogen-bond donors (Lipinski definition) is 1. The number of nitrogens with zero attached hydrogens (tertiary/aromatic N) is 2. The first-order valence-electron chi connectivity index (χ1n) is 7.61. The van der Waals surface area contributed by atoms with E-state index in [1.54, 1.807) is 39.0 Å². The molecule has 3 aromatic rings. The topological polar surface area (TPSA) is 46.9 Å². The van der Waals surface area contributed by atoms with Crippen molar-refractivity contribution in [1.29, 1.82) is 0 Å². The number of aromatic nitrogens is 2. The number of carbonyl (C=O) groups excluding carboxylic acids is 1. The smallest absolute Gasteiger partial charge is 0.252 e. The summed E-state index contributed by atoms with van der Waals surface area (Å²) >= 11 is 3.23. The summed E-state index contributed by atoms with van der Waals surface area (Å²) in [6.07, 6.45) is 1.45. The first-order valence-corrected chi connectivity index (χ1v) is 8.41. The Kier molecular flexibility index (Phi) is 4.36. The second-order valence-corrected chi connectivity index (χ2v) is 7.53. The fraction of sp³-hybridized carbons (Fsp3) is 0.222. The summed E-state index contributed by atoms with van der Waals surface area (Å²) < 4.78 is 29.2. The number of benzene rings is 2. The van der Waals surface area contributed by atoms with Gasteiger partial charge in [-0.05, 0) is 46.3 Å². The maximum atomic E-state index is 14.9. The summed E-state index contributed by atoms with van der Waals surface area (Å²) in [5, 5.41) is 7.57. The molecule has 25 heavy (non-hydrogen) atoms. The number of fused-ring (bicyclic) bond motifs is 1. The van der Waals surface area contributed by atoms with Crippen LogP contribution in [0, 0.1) is 17.0 Å². The SMILES string of the molecule is CC(C)(C)C(=O)n1ncc2cc(Nc3ccc(F)cc3)c(Br)c(F)c21. The van der Waals surface area contributed by atoms with Crippen molar-refractivity contribution in [1.82, 2.24) is 9.78 Å². The average Bonchev–Trinajstić information content (AvgIpc) is 2.96. The lowest BCUT2D eigenvalue weighted by molar-refractivity contribution is 0.0754. The van der Waals surface area contributed by atoms with E-state index < -0.39 is 11.2 Å². The molecule has 0 radical (unpaired) electrons. The van der Waals surface area contributed by atoms with Gasteiger partial charge >= 0.3 is 0 Å². The molecule has 0 saturated heterocycles. The number of anilines is 2. The molecule has 3 rings (SSSR count). The molecule has 0 bridgehead atoms. The third-order valence-corrected chi connectivity index (χ3v) is 4.47. The van der Waals surface area contributed by atoms with Crippen molar-refractivity contribution in [2.24, 2.45) is 5.41 Å². The van der Waals surface area contributed by atoms with Gasteiger partial charge in [0.25, 0.3) is 5.91 Å². The minimum atomic E-state index is -0.692. The fourth-order valence-corrected chi connectivity index (χ4v) is 2.78. The molecular weight excluding hydrogens is 392 g/mol. The Morgan fingerprint density at radius 2 is 1.84 bits per heavy atom. The molecule has 0 aliphatic heterocycles. The molecule has 130 valence electrons. The monoisotopic (exact) mass is 407 g/mol. The third-order valence-electron chi connectivity index (χ3n) is 3.69. The minimum Gasteiger partial charge on any atom is -0.354 e. The largest absolute Gasteiger partial charge is 0.354 e. The van der Waals surface area contributed by atoms with Crippen LogP contribution >= 0.6 is 15.9 Å². The highest BCUT2D eigenvalue weighted by Crippen LogP contribution is 2.35. The quantitative estimate of drug-likeness (QED) is 0.609. The maximum Gasteiger partial charge on any atom is 0.252 e. The van der Waals surface area contributed by atoms with Crippen molar-refractivity contribution < 1.29 is 13.6 Å². The van der Waals surface area contributed by atoms with Gasteiger partial charge in [0, 0.05) is 16.5 Å². The van der Waals surface area contributed by atoms with E-state index in [1.165, 1.54) is 18.3 Å². The highest BCUT2D eigenvalue weighted by atomic mass is 79.9. The minimum absolute atomic E-state index is 0.122. The van der Waals surface area contributed by atoms with Crippen molar-refractivity contribution in [2.45, 2.75) is 20.8 Å². The molecular formula is C18H16BrF2N3O. The lowest BCUT2D eigenvalue weighted by Gasteiger charge is -2.17. The molecule has 0 unspecified atom stereocenters. The van der Waals surface area contributed by atoms with Gasteiger partial charge < -0.3 is 5.32 Å². The van der Waals surface area contributed by atoms with E-state index >= 15 is 0 Å². The molecule has 0 saturated carbocycles. The molecule has 1 N–H and O–H groups in total. The highest BCUT2D eigenvalue weighted by molar-refractivity contribution is 9.10. The predicted octanol–water partition coefficient (Wildman–Crippen LogP) is 5.51. The number of nitrogens with one attached hydrogen (secondary N) is 1. The van der Waals surface area contributed by atoms with E-state index in [9.17, 15) is 13.6 Å². The van der Waals surface area contributed by atoms with E-state index in [4.69, 9.17) is 0 Å². The van der Waals surface area contributed by atoms with Gasteiger partial charge in [-0.25, -0.2) is 8.78 Å². The molecule has 0 amide bonds. The zero-order valence-electron chi connectivity index (χ0n) is 13.9. The van der Waals surface area contributed by atoms with Gasteiger partial charge in [0.2, 0.25) is 0 Å². The Labute approximate surface area is 152 Å². The van der Waals surface area contributed by atoms with Crippen molar-refractivity contribution in [3.05, 3.63) is 52.6 Å². The zero-order valence-corrected chi connectivity index (χ0v) is 15.5. The van der Waals surface area contributed by atoms with E-state index in [1.807, 2.05) is 0 Å². The number of rotatable bonds is 2. The molecule has 0 spiro atoms. The first-order chi connectivity index (χ1) is 11.7. The van der Waals surface area contributed by atoms with Gasteiger partial charge in [0.05, 0.1) is 16.4 Å². The molecule has 0 aliphatic rings. The summed E-state index contributed by atoms with van der Waals surface area (Å²) in [6.45, 7) is 5.25. The number of hydrogen-bond acceptors (Lipinski definition) is 3. The van der Waals surface area contributed by atoms with E-state index in [-0.39, 0.29) is 21.7 Å². The number of carbonyl (C=O) groups is 1. The fourth-order valence-electron chi connectivity index (χ4n) is 2.38. The van der Waals surface area contributed by atoms with Crippen LogP contribution in [0.25, 0.3) is 10.9 Å². The van der Waals surface area contributed by atoms with Gasteiger partial charge in [-0.2, -0.15) is 9.78 Å². The average molecular weight is 408 g/mol. The van der Waals surface area contributed by atoms with Crippen molar-refractivity contribution in [3.63, 3.8) is 0 Å². The van der Waals surface area contributed by atoms with Gasteiger partial charge in [-0.15, -0.1) is 0 Å². The summed E-state index contributed by atoms with van der Waals surface area (Å²) in [5.74, 6) is -1.24. The highest BCUT2D eigenvalue weighted by Gasteiger charge is 2.27. The lowest BCUT2D eigenvalue weighted by Crippen LogP contribution is -2.27. The van der Waals surface area contributed by atoms with E-state index in [2.05, 4.69) is 26.3 Å². The van der Waals surface area contributed by atoms with Crippen LogP contribution in [0.5, 0.6) is 0 Å². The Bertz CT molecular complexity index is 959. The van der Waals surface area contributed by atoms with Crippen molar-refractivity contribution in [3.8, 4) is 0 Å². The second kappa shape index (κ2) is 6.22. The summed E-state index contributed by atoms with van der Waals surface area (Å²) in [5.41, 5.74) is 0.498. The molecule has 2 aromatic carbocycles. The lowest BCUT2D eigenvalue weighted by atomic mass is 9.96. The number of halogens is 3. The first kappa shape index (κ1) is 17.5. The normalized spacial score (nSPS) is 11.8. The predicted molar refractivity (Wildman–Crippen MR) is 97.2 cm³/mol. The molecule has 1 aromatic heterocycles. The summed E-state index contributed by atoms with van der Waals surface area (Å²) in [6, 6.07) is 7.41. The van der Waals surface area contributed by atoms with Gasteiger partial charge in [-0.1, -0.05) is 20.8 Å². The van der Waals surface area contributed by atoms with Gasteiger partial charge in [0.15, 0.2) is 5.82 Å². The maximum absolute atomic E-state index is 14.9. The second-order valence-electron chi connectivity index (χ2n) is 6.73. The van der Waals surface area contributed by atoms with E-state index in [0.717, 1.165) is 4.68 Å². The molecule has 1 heterocycles. The van der Waals surface area contributed by atoms with Crippen LogP contribution in [-0.4, -0.2) is 15.7 Å². The molecule has 0 atom stereocenters. The molecule has 0 aliphatic carbocycles. The molecule has 7 heteroatoms. The van der Waals surface area contributed by atoms with Crippen LogP contribution in [0.1, 0.15) is 25.6 Å². The third kappa shape index (κ3) is 3.28. The van der Waals surface area contributed by atoms with Gasteiger partial charge in [0.1, 0.15) is 11.3 Å². The Balaban J connectivity index is 2.08. The van der Waals surface area contributed by atoms with E-state index in [0.29, 0.717) is 16.8 Å². The Morgan fingerprint density at radius 1 is 1.20 bits per heavy atom. The standard InChI is InChI=1S/C18H16BrF2N3O/c1-18(2,3)17(25)24-16-10(9-22-24)8-13(14(19)15(16)21)23-12-6-4-11(20)5-7-12/h4-9,23H,1-3H3. The van der Waals surface area contributed by atoms with Crippen LogP contribution < -0.4 is 5.32 Å². The van der Waals surface area contributed by atoms with Crippen LogP contribution in [0.3, 0.4) is 0 Å².